The maximum atomic E-state index is 12.3. The van der Waals surface area contributed by atoms with Crippen molar-refractivity contribution in [2.24, 2.45) is 17.8 Å². The largest absolute Gasteiger partial charge is 0.472 e. The predicted molar refractivity (Wildman–Crippen MR) is 262 cm³/mol. The van der Waals surface area contributed by atoms with Crippen LogP contribution in [0.5, 0.6) is 0 Å². The molecule has 0 aromatic rings. The van der Waals surface area contributed by atoms with Crippen LogP contribution in [0.25, 0.3) is 0 Å². The Balaban J connectivity index is 4.35. The molecule has 0 aliphatic heterocycles. The van der Waals surface area contributed by atoms with E-state index in [1.807, 2.05) is 0 Å². The Kier molecular flexibility index (Phi) is 40.4. The van der Waals surface area contributed by atoms with E-state index in [1.165, 1.54) is 0 Å². The standard InChI is InChI=1S/C29H70O41P10/c1-4-27(21-30)22-67-77(44,45)62-19-20-65-80(50,51)70-26-29(6-3)25-69-79(48,49)64-18-16-61-76(42,43)59-14-12-57-74(38,39)55-10-8-53-72(34,35)52-7-9-54-73(36,37)56-11-13-58-75(40,41)60-15-17-63-78(46,47)68-24-28(5-2)23-66-71(31,32)33/h27-30H,4-26H2,1-3H3,(H,34,35)(H,36,37)(H,38,39)(H,40,41)(H,42,43)(H,44,45)(H,46,47)(H,48,49)(H,50,51)(H2,31,32,33). The van der Waals surface area contributed by atoms with Gasteiger partial charge in [-0.3, -0.25) is 86.0 Å². The Morgan fingerprint density at radius 3 is 0.512 bits per heavy atom. The van der Waals surface area contributed by atoms with Crippen LogP contribution in [-0.4, -0.2) is 191 Å². The molecular formula is C29H70O41P10. The van der Waals surface area contributed by atoms with Crippen LogP contribution in [0, 0.1) is 17.8 Å². The molecule has 12 N–H and O–H groups in total. The van der Waals surface area contributed by atoms with E-state index in [2.05, 4.69) is 72.4 Å². The first-order valence-corrected chi connectivity index (χ1v) is 37.6. The van der Waals surface area contributed by atoms with Crippen LogP contribution < -0.4 is 0 Å². The number of hydrogen-bond donors (Lipinski definition) is 12. The van der Waals surface area contributed by atoms with Gasteiger partial charge in [0.2, 0.25) is 0 Å². The van der Waals surface area contributed by atoms with E-state index < -0.39 is 215 Å². The van der Waals surface area contributed by atoms with Crippen molar-refractivity contribution >= 4 is 78.2 Å². The number of hydrogen-bond acceptors (Lipinski definition) is 30. The van der Waals surface area contributed by atoms with E-state index >= 15 is 0 Å². The van der Waals surface area contributed by atoms with Crippen molar-refractivity contribution in [1.82, 2.24) is 0 Å². The van der Waals surface area contributed by atoms with E-state index in [9.17, 15) is 89.7 Å². The Labute approximate surface area is 457 Å². The molecule has 0 radical (unpaired) electrons. The Morgan fingerprint density at radius 1 is 0.237 bits per heavy atom. The van der Waals surface area contributed by atoms with E-state index in [4.69, 9.17) is 28.5 Å². The normalized spacial score (nSPS) is 20.5. The molecule has 51 heteroatoms. The number of aliphatic hydroxyl groups is 1. The van der Waals surface area contributed by atoms with Crippen LogP contribution in [0.3, 0.4) is 0 Å². The lowest BCUT2D eigenvalue weighted by molar-refractivity contribution is 0.0677. The van der Waals surface area contributed by atoms with Gasteiger partial charge in [0.25, 0.3) is 0 Å². The Bertz CT molecular complexity index is 2230. The molecule has 0 aliphatic rings. The zero-order valence-corrected chi connectivity index (χ0v) is 51.6. The number of aliphatic hydroxyl groups excluding tert-OH is 1. The lowest BCUT2D eigenvalue weighted by Gasteiger charge is -2.20. The minimum absolute atomic E-state index is 0.162. The summed E-state index contributed by atoms with van der Waals surface area (Å²) in [6, 6.07) is 0. The molecule has 12 atom stereocenters. The average molecular weight is 1380 g/mol. The first kappa shape index (κ1) is 81.1. The van der Waals surface area contributed by atoms with Crippen LogP contribution >= 0.6 is 78.2 Å². The van der Waals surface area contributed by atoms with Gasteiger partial charge in [-0.25, -0.2) is 45.7 Å². The number of rotatable bonds is 54. The molecule has 0 aliphatic carbocycles. The average Bonchev–Trinajstić information content (AvgIpc) is 3.34. The van der Waals surface area contributed by atoms with Gasteiger partial charge in [-0.1, -0.05) is 20.8 Å². The lowest BCUT2D eigenvalue weighted by Crippen LogP contribution is -2.16. The molecule has 0 saturated heterocycles. The summed E-state index contributed by atoms with van der Waals surface area (Å²) in [5, 5.41) is 9.12. The van der Waals surface area contributed by atoms with Crippen molar-refractivity contribution < 1.29 is 191 Å². The number of phosphoric ester groups is 10. The third-order valence-corrected chi connectivity index (χ3v) is 18.0. The van der Waals surface area contributed by atoms with Crippen LogP contribution in [0.2, 0.25) is 0 Å². The second-order valence-corrected chi connectivity index (χ2v) is 29.2. The molecule has 0 aromatic carbocycles. The van der Waals surface area contributed by atoms with Crippen LogP contribution in [0.4, 0.5) is 0 Å². The van der Waals surface area contributed by atoms with Crippen molar-refractivity contribution in [2.75, 3.05) is 132 Å². The van der Waals surface area contributed by atoms with Crippen molar-refractivity contribution in [2.45, 2.75) is 40.0 Å². The van der Waals surface area contributed by atoms with Gasteiger partial charge in [-0.05, 0) is 19.3 Å². The molecule has 0 saturated carbocycles. The minimum Gasteiger partial charge on any atom is -0.396 e. The number of phosphoric acid groups is 10. The van der Waals surface area contributed by atoms with Gasteiger partial charge in [-0.15, -0.1) is 0 Å². The molecule has 80 heavy (non-hydrogen) atoms. The lowest BCUT2D eigenvalue weighted by atomic mass is 10.1. The molecule has 0 heterocycles. The fourth-order valence-electron chi connectivity index (χ4n) is 4.34. The molecule has 41 nitrogen and oxygen atoms in total. The molecule has 0 spiro atoms. The molecular weight excluding hydrogens is 1310 g/mol. The van der Waals surface area contributed by atoms with Gasteiger partial charge in [0.15, 0.2) is 0 Å². The fourth-order valence-corrected chi connectivity index (χ4v) is 11.3. The molecule has 482 valence electrons. The van der Waals surface area contributed by atoms with E-state index in [0.29, 0.717) is 6.42 Å². The van der Waals surface area contributed by atoms with Crippen molar-refractivity contribution in [1.29, 1.82) is 0 Å². The first-order valence-electron chi connectivity index (χ1n) is 22.6. The van der Waals surface area contributed by atoms with Crippen molar-refractivity contribution in [3.63, 3.8) is 0 Å². The third kappa shape index (κ3) is 46.2. The fraction of sp³-hybridized carbons (Fsp3) is 1.00. The van der Waals surface area contributed by atoms with Crippen molar-refractivity contribution in [3.05, 3.63) is 0 Å². The summed E-state index contributed by atoms with van der Waals surface area (Å²) in [5.74, 6) is -1.94. The monoisotopic (exact) mass is 1380 g/mol. The maximum absolute atomic E-state index is 12.3. The van der Waals surface area contributed by atoms with Gasteiger partial charge in [0, 0.05) is 24.4 Å². The SMILES string of the molecule is CCC(CO)COP(=O)(O)OCCOP(=O)(O)OCC(CC)COP(=O)(O)OCCOP(=O)(O)OCCOP(=O)(O)OCCOP(=O)(O)OCCOP(=O)(O)OCCOP(=O)(O)OCCOP(=O)(O)OCC(CC)COP(=O)(O)O. The van der Waals surface area contributed by atoms with E-state index in [-0.39, 0.29) is 26.1 Å². The quantitative estimate of drug-likeness (QED) is 0.0307. The smallest absolute Gasteiger partial charge is 0.396 e. The van der Waals surface area contributed by atoms with E-state index in [0.717, 1.165) is 0 Å². The molecule has 12 unspecified atom stereocenters. The highest BCUT2D eigenvalue weighted by Gasteiger charge is 2.32. The van der Waals surface area contributed by atoms with E-state index in [1.54, 1.807) is 20.8 Å². The maximum Gasteiger partial charge on any atom is 0.472 e. The molecule has 0 rings (SSSR count). The highest BCUT2D eigenvalue weighted by molar-refractivity contribution is 7.49. The van der Waals surface area contributed by atoms with Gasteiger partial charge in [-0.2, -0.15) is 0 Å². The Morgan fingerprint density at radius 2 is 0.375 bits per heavy atom. The van der Waals surface area contributed by atoms with Crippen LogP contribution in [0.15, 0.2) is 0 Å². The van der Waals surface area contributed by atoms with Gasteiger partial charge in [0.1, 0.15) is 0 Å². The zero-order chi connectivity index (χ0) is 61.4. The van der Waals surface area contributed by atoms with Crippen LogP contribution in [-0.2, 0) is 132 Å². The second-order valence-electron chi connectivity index (χ2n) is 14.9. The Hall–Kier alpha value is 1.06. The third-order valence-electron chi connectivity index (χ3n) is 8.51. The summed E-state index contributed by atoms with van der Waals surface area (Å²) in [6.07, 6.45) is 0.835. The molecule has 0 bridgehead atoms. The molecule has 0 fully saturated rings. The summed E-state index contributed by atoms with van der Waals surface area (Å²) in [4.78, 5) is 105. The van der Waals surface area contributed by atoms with Crippen LogP contribution in [0.1, 0.15) is 40.0 Å². The highest BCUT2D eigenvalue weighted by Crippen LogP contribution is 2.51. The summed E-state index contributed by atoms with van der Waals surface area (Å²) < 4.78 is 206. The van der Waals surface area contributed by atoms with Crippen molar-refractivity contribution in [3.8, 4) is 0 Å². The minimum atomic E-state index is -4.97. The highest BCUT2D eigenvalue weighted by atomic mass is 31.2. The molecule has 0 amide bonds. The van der Waals surface area contributed by atoms with Gasteiger partial charge in [0.05, 0.1) is 126 Å². The second kappa shape index (κ2) is 39.8. The summed E-state index contributed by atoms with van der Waals surface area (Å²) in [5.41, 5.74) is 0. The topological polar surface area (TPSA) is 589 Å². The summed E-state index contributed by atoms with van der Waals surface area (Å²) in [6.45, 7) is -9.75. The molecule has 0 aromatic heterocycles. The van der Waals surface area contributed by atoms with Gasteiger partial charge < -0.3 is 58.9 Å². The van der Waals surface area contributed by atoms with Gasteiger partial charge >= 0.3 is 78.2 Å². The predicted octanol–water partition coefficient (Wildman–Crippen LogP) is 3.37. The first-order chi connectivity index (χ1) is 36.7. The summed E-state index contributed by atoms with van der Waals surface area (Å²) >= 11 is 0. The summed E-state index contributed by atoms with van der Waals surface area (Å²) in [7, 11) is -48.5. The zero-order valence-electron chi connectivity index (χ0n) is 42.7.